The van der Waals surface area contributed by atoms with Crippen LogP contribution in [0.25, 0.3) is 0 Å². The molecular weight excluding hydrogens is 608 g/mol. The van der Waals surface area contributed by atoms with Crippen molar-refractivity contribution in [3.8, 4) is 0 Å². The number of ketones is 4. The van der Waals surface area contributed by atoms with E-state index in [0.717, 1.165) is 49.7 Å². The van der Waals surface area contributed by atoms with Gasteiger partial charge in [0.15, 0.2) is 23.1 Å². The monoisotopic (exact) mass is 677 g/mol. The summed E-state index contributed by atoms with van der Waals surface area (Å²) in [7, 11) is 0. The van der Waals surface area contributed by atoms with Crippen LogP contribution < -0.4 is 0 Å². The lowest BCUT2D eigenvalue weighted by Crippen LogP contribution is -2.32. The SMILES string of the molecule is CC1=C(C)C(=O)C(CCCCCCCCCCN2CCCN(CCCCCCCCCCC3=C(C)C(=O)C(C)=C(C)C3=O)CC2)=C(C)C1=O. The van der Waals surface area contributed by atoms with Gasteiger partial charge in [0, 0.05) is 57.7 Å². The summed E-state index contributed by atoms with van der Waals surface area (Å²) in [5, 5.41) is 0. The molecule has 274 valence electrons. The highest BCUT2D eigenvalue weighted by Gasteiger charge is 2.28. The van der Waals surface area contributed by atoms with Crippen LogP contribution in [0.5, 0.6) is 0 Å². The summed E-state index contributed by atoms with van der Waals surface area (Å²) in [5.74, 6) is 0.273. The Morgan fingerprint density at radius 2 is 0.633 bits per heavy atom. The van der Waals surface area contributed by atoms with Gasteiger partial charge in [-0.2, -0.15) is 0 Å². The third-order valence-corrected chi connectivity index (χ3v) is 11.6. The van der Waals surface area contributed by atoms with Gasteiger partial charge in [0.25, 0.3) is 0 Å². The molecule has 6 heteroatoms. The molecule has 0 N–H and O–H groups in total. The molecule has 0 aromatic rings. The second-order valence-electron chi connectivity index (χ2n) is 15.2. The molecule has 3 aliphatic rings. The van der Waals surface area contributed by atoms with E-state index >= 15 is 0 Å². The standard InChI is InChI=1S/C43H68N2O4/c1-32-34(3)42(48)38(36(5)40(32)46)24-19-15-11-7-9-13-17-21-26-44-28-23-29-45(31-30-44)27-22-18-14-10-8-12-16-20-25-39-37(6)41(47)33(2)35(4)43(39)49/h7-31H2,1-6H3. The van der Waals surface area contributed by atoms with Crippen LogP contribution in [0, 0.1) is 0 Å². The summed E-state index contributed by atoms with van der Waals surface area (Å²) in [4.78, 5) is 55.2. The van der Waals surface area contributed by atoms with Crippen LogP contribution in [0.1, 0.15) is 164 Å². The maximum atomic E-state index is 12.6. The van der Waals surface area contributed by atoms with Gasteiger partial charge in [-0.05, 0) is 113 Å². The molecule has 0 aromatic carbocycles. The molecule has 6 nitrogen and oxygen atoms in total. The zero-order valence-corrected chi connectivity index (χ0v) is 32.2. The summed E-state index contributed by atoms with van der Waals surface area (Å²) in [6.07, 6.45) is 22.5. The predicted molar refractivity (Wildman–Crippen MR) is 203 cm³/mol. The Morgan fingerprint density at radius 1 is 0.347 bits per heavy atom. The molecule has 2 aliphatic carbocycles. The molecule has 3 rings (SSSR count). The number of allylic oxidation sites excluding steroid dienone is 8. The maximum absolute atomic E-state index is 12.6. The van der Waals surface area contributed by atoms with E-state index in [1.54, 1.807) is 27.7 Å². The average molecular weight is 677 g/mol. The van der Waals surface area contributed by atoms with Gasteiger partial charge >= 0.3 is 0 Å². The van der Waals surface area contributed by atoms with Gasteiger partial charge in [-0.25, -0.2) is 0 Å². The number of nitrogens with zero attached hydrogens (tertiary/aromatic N) is 2. The molecule has 0 bridgehead atoms. The first-order chi connectivity index (χ1) is 23.5. The molecule has 49 heavy (non-hydrogen) atoms. The summed E-state index contributed by atoms with van der Waals surface area (Å²) in [6.45, 7) is 18.1. The zero-order valence-electron chi connectivity index (χ0n) is 32.2. The molecule has 0 atom stereocenters. The molecule has 1 heterocycles. The van der Waals surface area contributed by atoms with Gasteiger partial charge in [0.05, 0.1) is 0 Å². The second kappa shape index (κ2) is 21.7. The first-order valence-corrected chi connectivity index (χ1v) is 19.9. The van der Waals surface area contributed by atoms with Crippen LogP contribution in [-0.4, -0.2) is 72.2 Å². The number of rotatable bonds is 22. The van der Waals surface area contributed by atoms with Crippen LogP contribution in [-0.2, 0) is 19.2 Å². The Balaban J connectivity index is 1.11. The molecule has 0 aromatic heterocycles. The summed E-state index contributed by atoms with van der Waals surface area (Å²) in [5.41, 5.74) is 5.34. The van der Waals surface area contributed by atoms with Crippen LogP contribution in [0.2, 0.25) is 0 Å². The van der Waals surface area contributed by atoms with Gasteiger partial charge in [-0.15, -0.1) is 0 Å². The van der Waals surface area contributed by atoms with E-state index in [4.69, 9.17) is 0 Å². The van der Waals surface area contributed by atoms with E-state index in [-0.39, 0.29) is 23.1 Å². The zero-order chi connectivity index (χ0) is 35.8. The van der Waals surface area contributed by atoms with Crippen molar-refractivity contribution in [3.05, 3.63) is 44.6 Å². The first kappa shape index (κ1) is 41.0. The van der Waals surface area contributed by atoms with E-state index in [9.17, 15) is 19.2 Å². The third-order valence-electron chi connectivity index (χ3n) is 11.6. The summed E-state index contributed by atoms with van der Waals surface area (Å²) < 4.78 is 0. The number of Topliss-reactive ketones (excluding diaryl/α,β-unsaturated/α-hetero) is 4. The van der Waals surface area contributed by atoms with E-state index < -0.39 is 0 Å². The van der Waals surface area contributed by atoms with Crippen molar-refractivity contribution >= 4 is 23.1 Å². The Kier molecular flexibility index (Phi) is 18.2. The van der Waals surface area contributed by atoms with Crippen molar-refractivity contribution in [2.45, 2.75) is 164 Å². The Labute approximate surface area is 298 Å². The second-order valence-corrected chi connectivity index (χ2v) is 15.2. The fourth-order valence-corrected chi connectivity index (χ4v) is 7.78. The number of hydrogen-bond acceptors (Lipinski definition) is 6. The van der Waals surface area contributed by atoms with Gasteiger partial charge in [-0.1, -0.05) is 77.0 Å². The van der Waals surface area contributed by atoms with E-state index in [1.165, 1.54) is 123 Å². The van der Waals surface area contributed by atoms with Crippen molar-refractivity contribution in [3.63, 3.8) is 0 Å². The van der Waals surface area contributed by atoms with Gasteiger partial charge < -0.3 is 9.80 Å². The molecule has 1 aliphatic heterocycles. The fraction of sp³-hybridized carbons (Fsp3) is 0.721. The van der Waals surface area contributed by atoms with Crippen molar-refractivity contribution in [2.24, 2.45) is 0 Å². The largest absolute Gasteiger partial charge is 0.302 e. The van der Waals surface area contributed by atoms with Crippen LogP contribution >= 0.6 is 0 Å². The minimum atomic E-state index is 0.0515. The lowest BCUT2D eigenvalue weighted by molar-refractivity contribution is -0.116. The molecule has 1 fully saturated rings. The topological polar surface area (TPSA) is 74.8 Å². The number of hydrogen-bond donors (Lipinski definition) is 0. The van der Waals surface area contributed by atoms with Crippen molar-refractivity contribution in [2.75, 3.05) is 39.3 Å². The Morgan fingerprint density at radius 3 is 0.980 bits per heavy atom. The van der Waals surface area contributed by atoms with Crippen molar-refractivity contribution in [1.82, 2.24) is 9.80 Å². The predicted octanol–water partition coefficient (Wildman–Crippen LogP) is 9.63. The minimum Gasteiger partial charge on any atom is -0.302 e. The normalized spacial score (nSPS) is 18.9. The molecule has 0 radical (unpaired) electrons. The van der Waals surface area contributed by atoms with Gasteiger partial charge in [0.2, 0.25) is 0 Å². The lowest BCUT2D eigenvalue weighted by Gasteiger charge is -2.21. The number of carbonyl (C=O) groups is 4. The van der Waals surface area contributed by atoms with Crippen LogP contribution in [0.4, 0.5) is 0 Å². The third kappa shape index (κ3) is 12.7. The van der Waals surface area contributed by atoms with Crippen molar-refractivity contribution in [1.29, 1.82) is 0 Å². The minimum absolute atomic E-state index is 0.0515. The highest BCUT2D eigenvalue weighted by atomic mass is 16.1. The fourth-order valence-electron chi connectivity index (χ4n) is 7.78. The molecular formula is C43H68N2O4. The molecule has 0 spiro atoms. The van der Waals surface area contributed by atoms with E-state index in [1.807, 2.05) is 13.8 Å². The average Bonchev–Trinajstić information content (AvgIpc) is 3.33. The molecule has 0 unspecified atom stereocenters. The summed E-state index contributed by atoms with van der Waals surface area (Å²) in [6, 6.07) is 0. The molecule has 1 saturated heterocycles. The van der Waals surface area contributed by atoms with Gasteiger partial charge in [-0.3, -0.25) is 19.2 Å². The summed E-state index contributed by atoms with van der Waals surface area (Å²) >= 11 is 0. The number of carbonyl (C=O) groups excluding carboxylic acids is 4. The number of unbranched alkanes of at least 4 members (excludes halogenated alkanes) is 14. The van der Waals surface area contributed by atoms with Crippen LogP contribution in [0.3, 0.4) is 0 Å². The quantitative estimate of drug-likeness (QED) is 0.0840. The molecule has 0 saturated carbocycles. The Hall–Kier alpha value is -2.44. The lowest BCUT2D eigenvalue weighted by atomic mass is 9.84. The van der Waals surface area contributed by atoms with Gasteiger partial charge in [0.1, 0.15) is 0 Å². The maximum Gasteiger partial charge on any atom is 0.185 e. The van der Waals surface area contributed by atoms with E-state index in [0.29, 0.717) is 33.4 Å². The van der Waals surface area contributed by atoms with Crippen LogP contribution in [0.15, 0.2) is 44.6 Å². The first-order valence-electron chi connectivity index (χ1n) is 19.9. The Bertz CT molecular complexity index is 1200. The van der Waals surface area contributed by atoms with Crippen molar-refractivity contribution < 1.29 is 19.2 Å². The molecule has 0 amide bonds. The van der Waals surface area contributed by atoms with E-state index in [2.05, 4.69) is 9.80 Å². The smallest absolute Gasteiger partial charge is 0.185 e. The highest BCUT2D eigenvalue weighted by Crippen LogP contribution is 2.29. The highest BCUT2D eigenvalue weighted by molar-refractivity contribution is 6.25.